The summed E-state index contributed by atoms with van der Waals surface area (Å²) in [6, 6.07) is 0. The van der Waals surface area contributed by atoms with Crippen LogP contribution in [0.5, 0.6) is 0 Å². The van der Waals surface area contributed by atoms with E-state index in [0.29, 0.717) is 4.75 Å². The second-order valence-electron chi connectivity index (χ2n) is 5.51. The molecule has 0 radical (unpaired) electrons. The molecule has 1 saturated heterocycles. The largest absolute Gasteiger partial charge is 0.303 e. The highest BCUT2D eigenvalue weighted by molar-refractivity contribution is 8.00. The first-order chi connectivity index (χ1) is 7.47. The Morgan fingerprint density at radius 1 is 1.38 bits per heavy atom. The van der Waals surface area contributed by atoms with Crippen LogP contribution in [0.4, 0.5) is 0 Å². The highest BCUT2D eigenvalue weighted by Gasteiger charge is 2.33. The van der Waals surface area contributed by atoms with Gasteiger partial charge in [0.1, 0.15) is 6.29 Å². The maximum atomic E-state index is 11.3. The molecule has 0 amide bonds. The van der Waals surface area contributed by atoms with Gasteiger partial charge in [0.2, 0.25) is 0 Å². The molecule has 0 bridgehead atoms. The van der Waals surface area contributed by atoms with Gasteiger partial charge in [-0.25, -0.2) is 0 Å². The van der Waals surface area contributed by atoms with E-state index in [9.17, 15) is 4.79 Å². The Morgan fingerprint density at radius 2 is 2.00 bits per heavy atom. The molecule has 2 nitrogen and oxygen atoms in total. The second kappa shape index (κ2) is 5.54. The van der Waals surface area contributed by atoms with E-state index in [-0.39, 0.29) is 5.41 Å². The minimum absolute atomic E-state index is 0.113. The topological polar surface area (TPSA) is 20.3 Å². The Bertz CT molecular complexity index is 236. The molecular weight excluding hydrogens is 218 g/mol. The van der Waals surface area contributed by atoms with Gasteiger partial charge in [0.15, 0.2) is 0 Å². The van der Waals surface area contributed by atoms with Gasteiger partial charge in [0.25, 0.3) is 0 Å². The van der Waals surface area contributed by atoms with Crippen LogP contribution in [0.1, 0.15) is 40.5 Å². The summed E-state index contributed by atoms with van der Waals surface area (Å²) in [6.07, 6.45) is 3.09. The predicted molar refractivity (Wildman–Crippen MR) is 72.1 cm³/mol. The fourth-order valence-electron chi connectivity index (χ4n) is 2.37. The summed E-state index contributed by atoms with van der Waals surface area (Å²) >= 11 is 2.04. The molecule has 1 rings (SSSR count). The van der Waals surface area contributed by atoms with Crippen LogP contribution in [0.3, 0.4) is 0 Å². The number of rotatable bonds is 5. The minimum atomic E-state index is -0.113. The molecule has 1 fully saturated rings. The lowest BCUT2D eigenvalue weighted by Crippen LogP contribution is -2.48. The van der Waals surface area contributed by atoms with E-state index in [2.05, 4.69) is 32.6 Å². The van der Waals surface area contributed by atoms with E-state index in [1.165, 1.54) is 12.0 Å². The van der Waals surface area contributed by atoms with E-state index in [1.54, 1.807) is 0 Å². The number of hydrogen-bond donors (Lipinski definition) is 0. The van der Waals surface area contributed by atoms with Gasteiger partial charge in [-0.2, -0.15) is 11.8 Å². The average molecular weight is 243 g/mol. The van der Waals surface area contributed by atoms with Crippen molar-refractivity contribution >= 4 is 18.0 Å². The van der Waals surface area contributed by atoms with Gasteiger partial charge in [-0.15, -0.1) is 0 Å². The molecule has 1 heterocycles. The monoisotopic (exact) mass is 243 g/mol. The lowest BCUT2D eigenvalue weighted by atomic mass is 9.83. The van der Waals surface area contributed by atoms with E-state index < -0.39 is 0 Å². The van der Waals surface area contributed by atoms with Crippen molar-refractivity contribution in [2.75, 3.05) is 25.4 Å². The maximum Gasteiger partial charge on any atom is 0.127 e. The van der Waals surface area contributed by atoms with E-state index >= 15 is 0 Å². The van der Waals surface area contributed by atoms with Crippen molar-refractivity contribution < 1.29 is 4.79 Å². The lowest BCUT2D eigenvalue weighted by molar-refractivity contribution is -0.117. The Morgan fingerprint density at radius 3 is 2.44 bits per heavy atom. The van der Waals surface area contributed by atoms with Crippen LogP contribution >= 0.6 is 11.8 Å². The molecule has 1 aliphatic heterocycles. The Hall–Kier alpha value is -0.0200. The molecular formula is C13H25NOS. The summed E-state index contributed by atoms with van der Waals surface area (Å²) in [4.78, 5) is 13.8. The fourth-order valence-corrected chi connectivity index (χ4v) is 3.55. The fraction of sp³-hybridized carbons (Fsp3) is 0.923. The zero-order valence-corrected chi connectivity index (χ0v) is 11.9. The number of aldehydes is 1. The molecule has 3 heteroatoms. The zero-order chi connectivity index (χ0) is 12.2. The van der Waals surface area contributed by atoms with Crippen molar-refractivity contribution in [3.8, 4) is 0 Å². The van der Waals surface area contributed by atoms with Crippen molar-refractivity contribution in [1.82, 2.24) is 4.90 Å². The predicted octanol–water partition coefficient (Wildman–Crippen LogP) is 2.82. The van der Waals surface area contributed by atoms with Crippen LogP contribution in [-0.4, -0.2) is 41.3 Å². The van der Waals surface area contributed by atoms with Crippen molar-refractivity contribution in [3.05, 3.63) is 0 Å². The van der Waals surface area contributed by atoms with Crippen molar-refractivity contribution in [2.24, 2.45) is 5.41 Å². The first-order valence-electron chi connectivity index (χ1n) is 6.29. The third kappa shape index (κ3) is 3.49. The first-order valence-corrected chi connectivity index (χ1v) is 7.28. The Kier molecular flexibility index (Phi) is 4.87. The first kappa shape index (κ1) is 14.0. The standard InChI is InChI=1S/C13H25NOS/c1-5-13(6-2,11-15)10-14-7-8-16-12(3,4)9-14/h11H,5-10H2,1-4H3. The number of carbonyl (C=O) groups excluding carboxylic acids is 1. The quantitative estimate of drug-likeness (QED) is 0.693. The number of thioether (sulfide) groups is 1. The molecule has 0 N–H and O–H groups in total. The van der Waals surface area contributed by atoms with Gasteiger partial charge in [0.05, 0.1) is 0 Å². The van der Waals surface area contributed by atoms with E-state index in [4.69, 9.17) is 0 Å². The molecule has 94 valence electrons. The SMILES string of the molecule is CCC(C=O)(CC)CN1CCSC(C)(C)C1. The summed E-state index contributed by atoms with van der Waals surface area (Å²) in [5, 5.41) is 0. The maximum absolute atomic E-state index is 11.3. The molecule has 16 heavy (non-hydrogen) atoms. The number of hydrogen-bond acceptors (Lipinski definition) is 3. The van der Waals surface area contributed by atoms with E-state index in [1.807, 2.05) is 11.8 Å². The molecule has 0 saturated carbocycles. The Balaban J connectivity index is 2.61. The molecule has 0 unspecified atom stereocenters. The molecule has 0 aliphatic carbocycles. The zero-order valence-electron chi connectivity index (χ0n) is 11.1. The van der Waals surface area contributed by atoms with Gasteiger partial charge in [0, 0.05) is 35.5 Å². The van der Waals surface area contributed by atoms with Crippen LogP contribution in [0, 0.1) is 5.41 Å². The van der Waals surface area contributed by atoms with Crippen LogP contribution in [0.15, 0.2) is 0 Å². The second-order valence-corrected chi connectivity index (χ2v) is 7.31. The van der Waals surface area contributed by atoms with Crippen LogP contribution in [-0.2, 0) is 4.79 Å². The van der Waals surface area contributed by atoms with Gasteiger partial charge in [-0.3, -0.25) is 0 Å². The molecule has 0 aromatic rings. The summed E-state index contributed by atoms with van der Waals surface area (Å²) in [6.45, 7) is 12.0. The van der Waals surface area contributed by atoms with Crippen molar-refractivity contribution in [3.63, 3.8) is 0 Å². The summed E-state index contributed by atoms with van der Waals surface area (Å²) in [5.41, 5.74) is -0.113. The lowest BCUT2D eigenvalue weighted by Gasteiger charge is -2.41. The number of carbonyl (C=O) groups is 1. The normalized spacial score (nSPS) is 22.0. The highest BCUT2D eigenvalue weighted by Crippen LogP contribution is 2.32. The van der Waals surface area contributed by atoms with E-state index in [0.717, 1.165) is 32.5 Å². The van der Waals surface area contributed by atoms with Gasteiger partial charge in [-0.05, 0) is 26.7 Å². The van der Waals surface area contributed by atoms with Crippen molar-refractivity contribution in [2.45, 2.75) is 45.3 Å². The molecule has 0 atom stereocenters. The molecule has 1 aliphatic rings. The summed E-state index contributed by atoms with van der Waals surface area (Å²) in [5.74, 6) is 1.19. The smallest absolute Gasteiger partial charge is 0.127 e. The minimum Gasteiger partial charge on any atom is -0.303 e. The van der Waals surface area contributed by atoms with Gasteiger partial charge < -0.3 is 9.69 Å². The third-order valence-electron chi connectivity index (χ3n) is 3.70. The van der Waals surface area contributed by atoms with Crippen molar-refractivity contribution in [1.29, 1.82) is 0 Å². The third-order valence-corrected chi connectivity index (χ3v) is 5.00. The van der Waals surface area contributed by atoms with Gasteiger partial charge >= 0.3 is 0 Å². The summed E-state index contributed by atoms with van der Waals surface area (Å²) < 4.78 is 0.342. The summed E-state index contributed by atoms with van der Waals surface area (Å²) in [7, 11) is 0. The highest BCUT2D eigenvalue weighted by atomic mass is 32.2. The number of nitrogens with zero attached hydrogens (tertiary/aromatic N) is 1. The van der Waals surface area contributed by atoms with Gasteiger partial charge in [-0.1, -0.05) is 13.8 Å². The average Bonchev–Trinajstić information content (AvgIpc) is 2.25. The van der Waals surface area contributed by atoms with Crippen LogP contribution in [0.25, 0.3) is 0 Å². The van der Waals surface area contributed by atoms with Crippen LogP contribution in [0.2, 0.25) is 0 Å². The molecule has 0 aromatic carbocycles. The molecule has 0 aromatic heterocycles. The Labute approximate surface area is 104 Å². The van der Waals surface area contributed by atoms with Crippen LogP contribution < -0.4 is 0 Å². The molecule has 0 spiro atoms.